The lowest BCUT2D eigenvalue weighted by atomic mass is 9.90. The van der Waals surface area contributed by atoms with E-state index in [9.17, 15) is 0 Å². The maximum atomic E-state index is 6.17. The average molecular weight is 530 g/mol. The Bertz CT molecular complexity index is 688. The van der Waals surface area contributed by atoms with E-state index in [2.05, 4.69) is 73.4 Å². The van der Waals surface area contributed by atoms with Gasteiger partial charge in [-0.05, 0) is 39.8 Å². The van der Waals surface area contributed by atoms with Crippen LogP contribution in [0.4, 0.5) is 0 Å². The number of piperazine rings is 1. The number of nitrogens with one attached hydrogen (secondary N) is 2. The highest BCUT2D eigenvalue weighted by molar-refractivity contribution is 14.0. The van der Waals surface area contributed by atoms with Gasteiger partial charge in [-0.25, -0.2) is 0 Å². The maximum Gasteiger partial charge on any atom is 0.191 e. The molecule has 2 atom stereocenters. The van der Waals surface area contributed by atoms with Crippen molar-refractivity contribution in [3.8, 4) is 5.75 Å². The van der Waals surface area contributed by atoms with Crippen LogP contribution < -0.4 is 15.4 Å². The Kier molecular flexibility index (Phi) is 9.68. The zero-order valence-electron chi connectivity index (χ0n) is 19.3. The Morgan fingerprint density at radius 2 is 1.93 bits per heavy atom. The molecule has 2 heterocycles. The summed E-state index contributed by atoms with van der Waals surface area (Å²) in [5, 5.41) is 7.10. The van der Waals surface area contributed by atoms with E-state index >= 15 is 0 Å². The van der Waals surface area contributed by atoms with Crippen LogP contribution in [0.25, 0.3) is 0 Å². The quantitative estimate of drug-likeness (QED) is 0.337. The van der Waals surface area contributed by atoms with Gasteiger partial charge in [0.1, 0.15) is 11.4 Å². The third-order valence-electron chi connectivity index (χ3n) is 5.76. The summed E-state index contributed by atoms with van der Waals surface area (Å²) in [7, 11) is 2.20. The molecule has 1 saturated heterocycles. The molecule has 0 amide bonds. The molecular weight excluding hydrogens is 489 g/mol. The van der Waals surface area contributed by atoms with Crippen molar-refractivity contribution in [2.75, 3.05) is 52.9 Å². The van der Waals surface area contributed by atoms with E-state index in [0.717, 1.165) is 50.9 Å². The smallest absolute Gasteiger partial charge is 0.191 e. The lowest BCUT2D eigenvalue weighted by Gasteiger charge is -2.38. The minimum Gasteiger partial charge on any atom is -0.487 e. The number of aliphatic imine (C=N–C) groups is 1. The first-order valence-electron chi connectivity index (χ1n) is 11.1. The third-order valence-corrected chi connectivity index (χ3v) is 5.76. The summed E-state index contributed by atoms with van der Waals surface area (Å²) >= 11 is 0. The van der Waals surface area contributed by atoms with Gasteiger partial charge in [0.2, 0.25) is 0 Å². The van der Waals surface area contributed by atoms with Gasteiger partial charge in [-0.2, -0.15) is 0 Å². The molecule has 1 aromatic rings. The number of likely N-dealkylation sites (N-methyl/N-ethyl adjacent to an activating group) is 1. The highest BCUT2D eigenvalue weighted by atomic mass is 127. The molecule has 170 valence electrons. The SMILES string of the molecule is CCNC(=NCC(C)CN1CCN(C)CC1)NC1CC(C)(C)Oc2ccccc21.I. The molecule has 0 spiro atoms. The first-order chi connectivity index (χ1) is 13.9. The Hall–Kier alpha value is -1.06. The average Bonchev–Trinajstić information content (AvgIpc) is 2.67. The Labute approximate surface area is 199 Å². The number of rotatable bonds is 6. The van der Waals surface area contributed by atoms with Crippen molar-refractivity contribution < 1.29 is 4.74 Å². The summed E-state index contributed by atoms with van der Waals surface area (Å²) in [6.45, 7) is 16.2. The number of ether oxygens (including phenoxy) is 1. The largest absolute Gasteiger partial charge is 0.487 e. The van der Waals surface area contributed by atoms with Crippen molar-refractivity contribution in [3.63, 3.8) is 0 Å². The van der Waals surface area contributed by atoms with E-state index in [-0.39, 0.29) is 35.6 Å². The van der Waals surface area contributed by atoms with Gasteiger partial charge in [-0.15, -0.1) is 24.0 Å². The number of nitrogens with zero attached hydrogens (tertiary/aromatic N) is 3. The summed E-state index contributed by atoms with van der Waals surface area (Å²) in [6.07, 6.45) is 0.908. The molecule has 0 aromatic heterocycles. The number of hydrogen-bond acceptors (Lipinski definition) is 4. The molecular formula is C23H40IN5O. The molecule has 6 nitrogen and oxygen atoms in total. The van der Waals surface area contributed by atoms with Crippen LogP contribution in [0.2, 0.25) is 0 Å². The summed E-state index contributed by atoms with van der Waals surface area (Å²) in [6, 6.07) is 8.53. The van der Waals surface area contributed by atoms with Crippen molar-refractivity contribution in [2.24, 2.45) is 10.9 Å². The number of benzene rings is 1. The van der Waals surface area contributed by atoms with E-state index in [4.69, 9.17) is 9.73 Å². The molecule has 2 aliphatic rings. The monoisotopic (exact) mass is 529 g/mol. The van der Waals surface area contributed by atoms with Gasteiger partial charge in [0.25, 0.3) is 0 Å². The standard InChI is InChI=1S/C23H39N5O.HI/c1-6-24-22(25-16-18(2)17-28-13-11-27(5)12-14-28)26-20-15-23(3,4)29-21-10-8-7-9-19(20)21;/h7-10,18,20H,6,11-17H2,1-5H3,(H2,24,25,26);1H. The van der Waals surface area contributed by atoms with Crippen LogP contribution in [0.3, 0.4) is 0 Å². The molecule has 0 saturated carbocycles. The molecule has 7 heteroatoms. The van der Waals surface area contributed by atoms with Crippen LogP contribution in [0.15, 0.2) is 29.3 Å². The fourth-order valence-electron chi connectivity index (χ4n) is 4.19. The number of guanidine groups is 1. The molecule has 2 N–H and O–H groups in total. The van der Waals surface area contributed by atoms with Crippen LogP contribution in [-0.2, 0) is 0 Å². The van der Waals surface area contributed by atoms with Crippen molar-refractivity contribution in [1.82, 2.24) is 20.4 Å². The summed E-state index contributed by atoms with van der Waals surface area (Å²) < 4.78 is 6.17. The first kappa shape index (κ1) is 25.2. The van der Waals surface area contributed by atoms with Crippen molar-refractivity contribution in [1.29, 1.82) is 0 Å². The second kappa shape index (κ2) is 11.5. The zero-order valence-corrected chi connectivity index (χ0v) is 21.6. The molecule has 0 aliphatic carbocycles. The summed E-state index contributed by atoms with van der Waals surface area (Å²) in [5.74, 6) is 2.41. The lowest BCUT2D eigenvalue weighted by molar-refractivity contribution is 0.0694. The Balaban J connectivity index is 0.00000320. The van der Waals surface area contributed by atoms with Gasteiger partial charge in [0, 0.05) is 57.8 Å². The van der Waals surface area contributed by atoms with Crippen LogP contribution in [-0.4, -0.2) is 74.2 Å². The minimum atomic E-state index is -0.196. The zero-order chi connectivity index (χ0) is 20.9. The number of para-hydroxylation sites is 1. The predicted octanol–water partition coefficient (Wildman–Crippen LogP) is 3.35. The molecule has 0 bridgehead atoms. The molecule has 30 heavy (non-hydrogen) atoms. The van der Waals surface area contributed by atoms with Crippen molar-refractivity contribution in [3.05, 3.63) is 29.8 Å². The van der Waals surface area contributed by atoms with E-state index in [1.807, 2.05) is 6.07 Å². The van der Waals surface area contributed by atoms with Crippen LogP contribution >= 0.6 is 24.0 Å². The number of hydrogen-bond donors (Lipinski definition) is 2. The topological polar surface area (TPSA) is 52.1 Å². The normalized spacial score (nSPS) is 23.0. The van der Waals surface area contributed by atoms with Crippen LogP contribution in [0, 0.1) is 5.92 Å². The Morgan fingerprint density at radius 1 is 1.23 bits per heavy atom. The second-order valence-corrected chi connectivity index (χ2v) is 9.23. The molecule has 2 unspecified atom stereocenters. The fourth-order valence-corrected chi connectivity index (χ4v) is 4.19. The third kappa shape index (κ3) is 7.27. The van der Waals surface area contributed by atoms with E-state index in [1.165, 1.54) is 18.7 Å². The molecule has 0 radical (unpaired) electrons. The van der Waals surface area contributed by atoms with Crippen molar-refractivity contribution in [2.45, 2.75) is 45.8 Å². The molecule has 1 aromatic carbocycles. The first-order valence-corrected chi connectivity index (χ1v) is 11.1. The summed E-state index contributed by atoms with van der Waals surface area (Å²) in [4.78, 5) is 9.89. The van der Waals surface area contributed by atoms with Gasteiger partial charge in [0.05, 0.1) is 6.04 Å². The second-order valence-electron chi connectivity index (χ2n) is 9.23. The van der Waals surface area contributed by atoms with Gasteiger partial charge in [-0.3, -0.25) is 4.99 Å². The van der Waals surface area contributed by atoms with E-state index in [0.29, 0.717) is 5.92 Å². The van der Waals surface area contributed by atoms with E-state index in [1.54, 1.807) is 0 Å². The van der Waals surface area contributed by atoms with Gasteiger partial charge in [0.15, 0.2) is 5.96 Å². The molecule has 1 fully saturated rings. The highest BCUT2D eigenvalue weighted by Gasteiger charge is 2.34. The number of halogens is 1. The maximum absolute atomic E-state index is 6.17. The fraction of sp³-hybridized carbons (Fsp3) is 0.696. The lowest BCUT2D eigenvalue weighted by Crippen LogP contribution is -2.46. The van der Waals surface area contributed by atoms with Gasteiger partial charge < -0.3 is 25.2 Å². The highest BCUT2D eigenvalue weighted by Crippen LogP contribution is 2.39. The van der Waals surface area contributed by atoms with Gasteiger partial charge >= 0.3 is 0 Å². The number of fused-ring (bicyclic) bond motifs is 1. The molecule has 2 aliphatic heterocycles. The van der Waals surface area contributed by atoms with Crippen LogP contribution in [0.5, 0.6) is 5.75 Å². The molecule has 3 rings (SSSR count). The van der Waals surface area contributed by atoms with Crippen molar-refractivity contribution >= 4 is 29.9 Å². The predicted molar refractivity (Wildman–Crippen MR) is 136 cm³/mol. The van der Waals surface area contributed by atoms with Crippen LogP contribution in [0.1, 0.15) is 45.7 Å². The van der Waals surface area contributed by atoms with Gasteiger partial charge in [-0.1, -0.05) is 25.1 Å². The Morgan fingerprint density at radius 3 is 2.63 bits per heavy atom. The minimum absolute atomic E-state index is 0. The summed E-state index contributed by atoms with van der Waals surface area (Å²) in [5.41, 5.74) is 1.01. The van der Waals surface area contributed by atoms with E-state index < -0.39 is 0 Å².